The molecule has 0 aliphatic carbocycles. The first-order valence-corrected chi connectivity index (χ1v) is 11.9. The summed E-state index contributed by atoms with van der Waals surface area (Å²) in [7, 11) is -2.20. The summed E-state index contributed by atoms with van der Waals surface area (Å²) in [5.74, 6) is 2.27. The average molecular weight is 449 g/mol. The Kier molecular flexibility index (Phi) is 6.76. The van der Waals surface area contributed by atoms with E-state index in [9.17, 15) is 8.42 Å². The van der Waals surface area contributed by atoms with Gasteiger partial charge in [-0.1, -0.05) is 26.8 Å². The van der Waals surface area contributed by atoms with Crippen molar-refractivity contribution in [2.24, 2.45) is 0 Å². The van der Waals surface area contributed by atoms with Crippen LogP contribution in [0.3, 0.4) is 0 Å². The molecule has 3 rings (SSSR count). The molecule has 0 atom stereocenters. The number of methoxy groups -OCH3 is 1. The SMILES string of the molecule is CCOc1cc(N2CCN(S(=O)(=O)c3cc(C(C)(C)C)ccc3OC)CC2)nc(C)n1. The minimum atomic E-state index is -3.69. The highest BCUT2D eigenvalue weighted by Crippen LogP contribution is 2.33. The fraction of sp³-hybridized carbons (Fsp3) is 0.545. The van der Waals surface area contributed by atoms with Crippen molar-refractivity contribution in [3.63, 3.8) is 0 Å². The van der Waals surface area contributed by atoms with E-state index in [4.69, 9.17) is 9.47 Å². The molecule has 0 N–H and O–H groups in total. The van der Waals surface area contributed by atoms with Gasteiger partial charge in [-0.2, -0.15) is 9.29 Å². The summed E-state index contributed by atoms with van der Waals surface area (Å²) in [6.07, 6.45) is 0. The van der Waals surface area contributed by atoms with Crippen molar-refractivity contribution in [2.45, 2.75) is 44.9 Å². The molecule has 1 saturated heterocycles. The van der Waals surface area contributed by atoms with Crippen LogP contribution in [0.15, 0.2) is 29.2 Å². The first-order chi connectivity index (χ1) is 14.6. The topological polar surface area (TPSA) is 84.9 Å². The van der Waals surface area contributed by atoms with Crippen LogP contribution < -0.4 is 14.4 Å². The van der Waals surface area contributed by atoms with Gasteiger partial charge in [-0.05, 0) is 37.0 Å². The van der Waals surface area contributed by atoms with E-state index >= 15 is 0 Å². The number of piperazine rings is 1. The standard InChI is InChI=1S/C22H32N4O4S/c1-7-30-21-15-20(23-16(2)24-21)25-10-12-26(13-11-25)31(27,28)19-14-17(22(3,4)5)8-9-18(19)29-6/h8-9,14-15H,7,10-13H2,1-6H3. The van der Waals surface area contributed by atoms with Crippen molar-refractivity contribution < 1.29 is 17.9 Å². The molecule has 0 saturated carbocycles. The minimum absolute atomic E-state index is 0.168. The van der Waals surface area contributed by atoms with Crippen LogP contribution in [-0.2, 0) is 15.4 Å². The molecule has 170 valence electrons. The van der Waals surface area contributed by atoms with Crippen molar-refractivity contribution in [1.82, 2.24) is 14.3 Å². The molecule has 2 heterocycles. The zero-order valence-corrected chi connectivity index (χ0v) is 20.0. The molecule has 9 heteroatoms. The van der Waals surface area contributed by atoms with Gasteiger partial charge in [0.25, 0.3) is 0 Å². The maximum atomic E-state index is 13.5. The van der Waals surface area contributed by atoms with Gasteiger partial charge < -0.3 is 14.4 Å². The number of sulfonamides is 1. The number of hydrogen-bond acceptors (Lipinski definition) is 7. The first-order valence-electron chi connectivity index (χ1n) is 10.5. The minimum Gasteiger partial charge on any atom is -0.495 e. The number of anilines is 1. The predicted octanol–water partition coefficient (Wildman–Crippen LogP) is 3.00. The molecule has 2 aromatic rings. The average Bonchev–Trinajstić information content (AvgIpc) is 2.72. The lowest BCUT2D eigenvalue weighted by Gasteiger charge is -2.35. The number of hydrogen-bond donors (Lipinski definition) is 0. The van der Waals surface area contributed by atoms with Crippen molar-refractivity contribution in [2.75, 3.05) is 44.8 Å². The predicted molar refractivity (Wildman–Crippen MR) is 121 cm³/mol. The largest absolute Gasteiger partial charge is 0.495 e. The van der Waals surface area contributed by atoms with Crippen LogP contribution >= 0.6 is 0 Å². The van der Waals surface area contributed by atoms with Crippen molar-refractivity contribution in [3.05, 3.63) is 35.7 Å². The molecule has 0 radical (unpaired) electrons. The molecule has 1 fully saturated rings. The Hall–Kier alpha value is -2.39. The van der Waals surface area contributed by atoms with Crippen molar-refractivity contribution in [1.29, 1.82) is 0 Å². The van der Waals surface area contributed by atoms with Gasteiger partial charge in [0.1, 0.15) is 22.3 Å². The van der Waals surface area contributed by atoms with Crippen LogP contribution in [0.5, 0.6) is 11.6 Å². The fourth-order valence-corrected chi connectivity index (χ4v) is 5.15. The summed E-state index contributed by atoms with van der Waals surface area (Å²) >= 11 is 0. The third-order valence-electron chi connectivity index (χ3n) is 5.30. The number of nitrogens with zero attached hydrogens (tertiary/aromatic N) is 4. The van der Waals surface area contributed by atoms with Gasteiger partial charge in [-0.3, -0.25) is 0 Å². The van der Waals surface area contributed by atoms with E-state index in [1.807, 2.05) is 19.9 Å². The van der Waals surface area contributed by atoms with Gasteiger partial charge in [0.05, 0.1) is 13.7 Å². The van der Waals surface area contributed by atoms with E-state index in [0.29, 0.717) is 50.2 Å². The van der Waals surface area contributed by atoms with E-state index < -0.39 is 10.0 Å². The first kappa shape index (κ1) is 23.3. The second kappa shape index (κ2) is 9.00. The molecule has 0 spiro atoms. The molecule has 1 aromatic carbocycles. The van der Waals surface area contributed by atoms with E-state index in [0.717, 1.165) is 11.4 Å². The summed E-state index contributed by atoms with van der Waals surface area (Å²) in [5.41, 5.74) is 0.781. The van der Waals surface area contributed by atoms with Crippen LogP contribution in [0.4, 0.5) is 5.82 Å². The van der Waals surface area contributed by atoms with Crippen molar-refractivity contribution >= 4 is 15.8 Å². The molecule has 31 heavy (non-hydrogen) atoms. The Bertz CT molecular complexity index is 1030. The lowest BCUT2D eigenvalue weighted by atomic mass is 9.87. The van der Waals surface area contributed by atoms with E-state index in [-0.39, 0.29) is 10.3 Å². The number of aromatic nitrogens is 2. The lowest BCUT2D eigenvalue weighted by molar-refractivity contribution is 0.324. The van der Waals surface area contributed by atoms with Crippen molar-refractivity contribution in [3.8, 4) is 11.6 Å². The van der Waals surface area contributed by atoms with Gasteiger partial charge in [0.15, 0.2) is 0 Å². The Morgan fingerprint density at radius 3 is 2.32 bits per heavy atom. The third-order valence-corrected chi connectivity index (χ3v) is 7.22. The van der Waals surface area contributed by atoms with Gasteiger partial charge in [0, 0.05) is 32.2 Å². The molecule has 1 aliphatic rings. The second-order valence-corrected chi connectivity index (χ2v) is 10.5. The third kappa shape index (κ3) is 5.10. The maximum Gasteiger partial charge on any atom is 0.246 e. The van der Waals surface area contributed by atoms with Gasteiger partial charge in [-0.15, -0.1) is 0 Å². The Morgan fingerprint density at radius 2 is 1.74 bits per heavy atom. The van der Waals surface area contributed by atoms with E-state index in [1.54, 1.807) is 18.2 Å². The summed E-state index contributed by atoms with van der Waals surface area (Å²) in [6.45, 7) is 12.2. The summed E-state index contributed by atoms with van der Waals surface area (Å²) in [4.78, 5) is 11.1. The summed E-state index contributed by atoms with van der Waals surface area (Å²) in [5, 5.41) is 0. The molecule has 1 aromatic heterocycles. The van der Waals surface area contributed by atoms with Crippen LogP contribution in [0.25, 0.3) is 0 Å². The molecule has 8 nitrogen and oxygen atoms in total. The lowest BCUT2D eigenvalue weighted by Crippen LogP contribution is -2.49. The van der Waals surface area contributed by atoms with Crippen LogP contribution in [-0.4, -0.2) is 62.6 Å². The highest BCUT2D eigenvalue weighted by atomic mass is 32.2. The zero-order chi connectivity index (χ0) is 22.8. The van der Waals surface area contributed by atoms with Crippen LogP contribution in [0, 0.1) is 6.92 Å². The van der Waals surface area contributed by atoms with E-state index in [2.05, 4.69) is 35.6 Å². The number of ether oxygens (including phenoxy) is 2. The van der Waals surface area contributed by atoms with Gasteiger partial charge in [0.2, 0.25) is 15.9 Å². The van der Waals surface area contributed by atoms with Gasteiger partial charge in [-0.25, -0.2) is 13.4 Å². The highest BCUT2D eigenvalue weighted by Gasteiger charge is 2.32. The normalized spacial score (nSPS) is 15.7. The fourth-order valence-electron chi connectivity index (χ4n) is 3.55. The quantitative estimate of drug-likeness (QED) is 0.672. The van der Waals surface area contributed by atoms with Crippen LogP contribution in [0.1, 0.15) is 39.1 Å². The molecule has 1 aliphatic heterocycles. The molecule has 0 bridgehead atoms. The summed E-state index contributed by atoms with van der Waals surface area (Å²) in [6, 6.07) is 7.20. The molecule has 0 unspecified atom stereocenters. The number of rotatable bonds is 6. The Labute approximate surface area is 185 Å². The second-order valence-electron chi connectivity index (χ2n) is 8.55. The molecular weight excluding hydrogens is 416 g/mol. The molecule has 0 amide bonds. The molecular formula is C22H32N4O4S. The Balaban J connectivity index is 1.82. The highest BCUT2D eigenvalue weighted by molar-refractivity contribution is 7.89. The monoisotopic (exact) mass is 448 g/mol. The van der Waals surface area contributed by atoms with Gasteiger partial charge >= 0.3 is 0 Å². The smallest absolute Gasteiger partial charge is 0.246 e. The summed E-state index contributed by atoms with van der Waals surface area (Å²) < 4.78 is 39.3. The number of aryl methyl sites for hydroxylation is 1. The number of benzene rings is 1. The van der Waals surface area contributed by atoms with E-state index in [1.165, 1.54) is 11.4 Å². The zero-order valence-electron chi connectivity index (χ0n) is 19.2. The maximum absolute atomic E-state index is 13.5. The van der Waals surface area contributed by atoms with Crippen LogP contribution in [0.2, 0.25) is 0 Å². The Morgan fingerprint density at radius 1 is 1.06 bits per heavy atom.